The molecular weight excluding hydrogens is 566 g/mol. The third-order valence-corrected chi connectivity index (χ3v) is 6.45. The van der Waals surface area contributed by atoms with E-state index >= 15 is 0 Å². The van der Waals surface area contributed by atoms with Crippen molar-refractivity contribution in [3.63, 3.8) is 0 Å². The maximum Gasteiger partial charge on any atom is 0.416 e. The van der Waals surface area contributed by atoms with Crippen LogP contribution in [0.2, 0.25) is 0 Å². The van der Waals surface area contributed by atoms with Crippen LogP contribution in [0.4, 0.5) is 41.6 Å². The van der Waals surface area contributed by atoms with E-state index in [1.807, 2.05) is 0 Å². The predicted molar refractivity (Wildman–Crippen MR) is 131 cm³/mol. The van der Waals surface area contributed by atoms with Crippen LogP contribution in [-0.2, 0) is 28.4 Å². The molecule has 1 aliphatic rings. The van der Waals surface area contributed by atoms with Gasteiger partial charge in [-0.3, -0.25) is 9.80 Å². The van der Waals surface area contributed by atoms with Gasteiger partial charge >= 0.3 is 30.5 Å². The molecule has 0 aromatic heterocycles. The zero-order valence-electron chi connectivity index (χ0n) is 22.2. The molecule has 15 heteroatoms. The third kappa shape index (κ3) is 6.60. The van der Waals surface area contributed by atoms with Crippen LogP contribution in [0.3, 0.4) is 0 Å². The number of nitrogens with zero attached hydrogens (tertiary/aromatic N) is 2. The Morgan fingerprint density at radius 3 is 2.05 bits per heavy atom. The highest BCUT2D eigenvalue weighted by atomic mass is 19.4. The number of carboxylic acid groups (broad SMARTS) is 1. The van der Waals surface area contributed by atoms with E-state index in [0.29, 0.717) is 12.1 Å². The molecule has 2 atom stereocenters. The van der Waals surface area contributed by atoms with E-state index < -0.39 is 65.8 Å². The van der Waals surface area contributed by atoms with E-state index in [2.05, 4.69) is 0 Å². The number of carbonyl (C=O) groups excluding carboxylic acids is 2. The lowest BCUT2D eigenvalue weighted by molar-refractivity contribution is -0.143. The fourth-order valence-electron chi connectivity index (χ4n) is 4.68. The lowest BCUT2D eigenvalue weighted by Gasteiger charge is -2.42. The molecule has 0 aliphatic carbocycles. The van der Waals surface area contributed by atoms with Crippen LogP contribution in [0.1, 0.15) is 58.9 Å². The van der Waals surface area contributed by atoms with E-state index in [1.54, 1.807) is 13.8 Å². The first-order valence-corrected chi connectivity index (χ1v) is 12.1. The van der Waals surface area contributed by atoms with Crippen LogP contribution in [0, 0.1) is 0 Å². The number of halogens is 6. The molecule has 224 valence electrons. The largest absolute Gasteiger partial charge is 0.496 e. The summed E-state index contributed by atoms with van der Waals surface area (Å²) in [6.07, 6.45) is -12.3. The minimum absolute atomic E-state index is 0.00344. The summed E-state index contributed by atoms with van der Waals surface area (Å²) in [6.45, 7) is 2.36. The maximum atomic E-state index is 13.5. The van der Waals surface area contributed by atoms with Gasteiger partial charge in [0, 0.05) is 18.7 Å². The van der Waals surface area contributed by atoms with Gasteiger partial charge in [0.05, 0.1) is 43.7 Å². The fraction of sp³-hybridized carbons (Fsp3) is 0.423. The Bertz CT molecular complexity index is 1300. The number of ether oxygens (including phenoxy) is 3. The lowest BCUT2D eigenvalue weighted by atomic mass is 9.88. The number of hydrogen-bond acceptors (Lipinski definition) is 6. The number of fused-ring (bicyclic) bond motifs is 1. The molecular formula is C26H26F6N2O7. The summed E-state index contributed by atoms with van der Waals surface area (Å²) in [5, 5.41) is 9.74. The molecule has 1 heterocycles. The highest BCUT2D eigenvalue weighted by Crippen LogP contribution is 2.45. The second kappa shape index (κ2) is 11.7. The van der Waals surface area contributed by atoms with Crippen molar-refractivity contribution in [3.8, 4) is 5.75 Å². The van der Waals surface area contributed by atoms with Crippen LogP contribution in [0.5, 0.6) is 5.75 Å². The van der Waals surface area contributed by atoms with Crippen LogP contribution in [-0.4, -0.2) is 55.0 Å². The Kier molecular flexibility index (Phi) is 8.98. The molecule has 2 amide bonds. The summed E-state index contributed by atoms with van der Waals surface area (Å²) < 4.78 is 96.0. The van der Waals surface area contributed by atoms with E-state index in [-0.39, 0.29) is 41.7 Å². The Labute approximate surface area is 230 Å². The molecule has 0 saturated carbocycles. The molecule has 0 unspecified atom stereocenters. The smallest absolute Gasteiger partial charge is 0.416 e. The number of amides is 2. The monoisotopic (exact) mass is 592 g/mol. The number of carboxylic acids is 1. The summed E-state index contributed by atoms with van der Waals surface area (Å²) in [5.74, 6) is -1.57. The molecule has 3 rings (SSSR count). The van der Waals surface area contributed by atoms with Crippen molar-refractivity contribution in [3.05, 3.63) is 58.1 Å². The normalized spacial score (nSPS) is 17.0. The zero-order valence-corrected chi connectivity index (χ0v) is 22.2. The standard InChI is InChI=1S/C26H26F6N2O7/c1-5-41-24(38)34-13(2)6-19(17-10-18(22(35)36)21(39-3)11-20(17)34)33(23(37)40-4)12-14-7-15(25(27,28)29)9-16(8-14)26(30,31)32/h7-11,13,19H,5-6,12H2,1-4H3,(H,35,36)/t13-,19+/m0/s1. The molecule has 1 N–H and O–H groups in total. The van der Waals surface area contributed by atoms with Crippen molar-refractivity contribution < 1.29 is 60.0 Å². The van der Waals surface area contributed by atoms with Gasteiger partial charge in [0.1, 0.15) is 11.3 Å². The molecule has 0 bridgehead atoms. The van der Waals surface area contributed by atoms with Gasteiger partial charge in [-0.25, -0.2) is 14.4 Å². The van der Waals surface area contributed by atoms with Crippen LogP contribution in [0.25, 0.3) is 0 Å². The lowest BCUT2D eigenvalue weighted by Crippen LogP contribution is -2.47. The molecule has 2 aromatic carbocycles. The summed E-state index contributed by atoms with van der Waals surface area (Å²) in [4.78, 5) is 39.9. The SMILES string of the molecule is CCOC(=O)N1c2cc(OC)c(C(=O)O)cc2[C@H](N(Cc2cc(C(F)(F)F)cc(C(F)(F)F)c2)C(=O)OC)C[C@@H]1C. The predicted octanol–water partition coefficient (Wildman–Crippen LogP) is 6.50. The van der Waals surface area contributed by atoms with Gasteiger partial charge in [0.25, 0.3) is 0 Å². The van der Waals surface area contributed by atoms with E-state index in [1.165, 1.54) is 18.1 Å². The number of benzene rings is 2. The van der Waals surface area contributed by atoms with Gasteiger partial charge in [-0.2, -0.15) is 26.3 Å². The number of rotatable bonds is 6. The Balaban J connectivity index is 2.24. The van der Waals surface area contributed by atoms with Gasteiger partial charge in [-0.05, 0) is 55.7 Å². The van der Waals surface area contributed by atoms with Crippen LogP contribution in [0.15, 0.2) is 30.3 Å². The van der Waals surface area contributed by atoms with Gasteiger partial charge in [0.15, 0.2) is 0 Å². The Morgan fingerprint density at radius 1 is 1.00 bits per heavy atom. The average Bonchev–Trinajstić information content (AvgIpc) is 2.88. The Morgan fingerprint density at radius 2 is 1.59 bits per heavy atom. The minimum Gasteiger partial charge on any atom is -0.496 e. The highest BCUT2D eigenvalue weighted by molar-refractivity contribution is 5.96. The molecule has 1 aliphatic heterocycles. The summed E-state index contributed by atoms with van der Waals surface area (Å²) in [7, 11) is 2.16. The number of alkyl halides is 6. The zero-order chi connectivity index (χ0) is 30.9. The summed E-state index contributed by atoms with van der Waals surface area (Å²) in [5.41, 5.74) is -3.89. The fourth-order valence-corrected chi connectivity index (χ4v) is 4.68. The number of aromatic carboxylic acids is 1. The molecule has 0 fully saturated rings. The molecule has 41 heavy (non-hydrogen) atoms. The van der Waals surface area contributed by atoms with Crippen molar-refractivity contribution in [2.24, 2.45) is 0 Å². The molecule has 0 saturated heterocycles. The topological polar surface area (TPSA) is 106 Å². The number of methoxy groups -OCH3 is 2. The summed E-state index contributed by atoms with van der Waals surface area (Å²) >= 11 is 0. The highest BCUT2D eigenvalue weighted by Gasteiger charge is 2.42. The number of carbonyl (C=O) groups is 3. The quantitative estimate of drug-likeness (QED) is 0.382. The van der Waals surface area contributed by atoms with Gasteiger partial charge in [-0.15, -0.1) is 0 Å². The van der Waals surface area contributed by atoms with E-state index in [4.69, 9.17) is 14.2 Å². The second-order valence-electron chi connectivity index (χ2n) is 9.10. The molecule has 0 radical (unpaired) electrons. The molecule has 0 spiro atoms. The second-order valence-corrected chi connectivity index (χ2v) is 9.10. The Hall–Kier alpha value is -4.17. The number of anilines is 1. The average molecular weight is 592 g/mol. The van der Waals surface area contributed by atoms with Gasteiger partial charge in [0.2, 0.25) is 0 Å². The minimum atomic E-state index is -5.12. The number of hydrogen-bond donors (Lipinski definition) is 1. The first kappa shape index (κ1) is 31.4. The molecule has 9 nitrogen and oxygen atoms in total. The maximum absolute atomic E-state index is 13.5. The van der Waals surface area contributed by atoms with Gasteiger partial charge < -0.3 is 19.3 Å². The molecule has 2 aromatic rings. The van der Waals surface area contributed by atoms with Crippen molar-refractivity contribution >= 4 is 23.8 Å². The van der Waals surface area contributed by atoms with E-state index in [0.717, 1.165) is 18.1 Å². The van der Waals surface area contributed by atoms with Crippen molar-refractivity contribution in [2.45, 2.75) is 51.2 Å². The van der Waals surface area contributed by atoms with Crippen LogP contribution >= 0.6 is 0 Å². The first-order chi connectivity index (χ1) is 19.0. The summed E-state index contributed by atoms with van der Waals surface area (Å²) in [6, 6.07) is 1.42. The van der Waals surface area contributed by atoms with E-state index in [9.17, 15) is 45.8 Å². The van der Waals surface area contributed by atoms with Crippen molar-refractivity contribution in [1.29, 1.82) is 0 Å². The third-order valence-electron chi connectivity index (χ3n) is 6.45. The van der Waals surface area contributed by atoms with Crippen molar-refractivity contribution in [1.82, 2.24) is 4.90 Å². The van der Waals surface area contributed by atoms with Crippen LogP contribution < -0.4 is 9.64 Å². The first-order valence-electron chi connectivity index (χ1n) is 12.1. The van der Waals surface area contributed by atoms with Crippen molar-refractivity contribution in [2.75, 3.05) is 25.7 Å². The van der Waals surface area contributed by atoms with Gasteiger partial charge in [-0.1, -0.05) is 0 Å².